The van der Waals surface area contributed by atoms with Gasteiger partial charge in [-0.2, -0.15) is 5.10 Å². The summed E-state index contributed by atoms with van der Waals surface area (Å²) in [6, 6.07) is 5.58. The van der Waals surface area contributed by atoms with Crippen LogP contribution in [-0.2, 0) is 18.4 Å². The van der Waals surface area contributed by atoms with E-state index in [0.717, 1.165) is 35.8 Å². The van der Waals surface area contributed by atoms with Gasteiger partial charge in [-0.25, -0.2) is 0 Å². The maximum absolute atomic E-state index is 12.8. The molecule has 1 amide bonds. The predicted molar refractivity (Wildman–Crippen MR) is 129 cm³/mol. The van der Waals surface area contributed by atoms with Gasteiger partial charge in [0.1, 0.15) is 12.3 Å². The predicted octanol–water partition coefficient (Wildman–Crippen LogP) is 2.53. The third kappa shape index (κ3) is 4.24. The molecule has 1 N–H and O–H groups in total. The molecule has 3 heterocycles. The van der Waals surface area contributed by atoms with E-state index in [4.69, 9.17) is 4.74 Å². The molecule has 1 saturated heterocycles. The molecular formula is C25H33N5O3. The van der Waals surface area contributed by atoms with E-state index in [1.165, 1.54) is 38.6 Å². The molecular weight excluding hydrogens is 418 g/mol. The van der Waals surface area contributed by atoms with Gasteiger partial charge in [-0.15, -0.1) is 0 Å². The number of carbonyl (C=O) groups is 1. The van der Waals surface area contributed by atoms with Crippen molar-refractivity contribution in [1.29, 1.82) is 0 Å². The molecule has 5 rings (SSSR count). The Hall–Kier alpha value is -2.87. The fourth-order valence-corrected chi connectivity index (χ4v) is 5.78. The highest BCUT2D eigenvalue weighted by Gasteiger charge is 2.30. The lowest BCUT2D eigenvalue weighted by Gasteiger charge is -2.41. The van der Waals surface area contributed by atoms with Gasteiger partial charge in [0.2, 0.25) is 5.91 Å². The summed E-state index contributed by atoms with van der Waals surface area (Å²) in [4.78, 5) is 28.1. The summed E-state index contributed by atoms with van der Waals surface area (Å²) < 4.78 is 8.62. The molecule has 1 aliphatic heterocycles. The van der Waals surface area contributed by atoms with E-state index in [2.05, 4.69) is 15.3 Å². The van der Waals surface area contributed by atoms with Gasteiger partial charge in [-0.1, -0.05) is 19.3 Å². The van der Waals surface area contributed by atoms with Crippen molar-refractivity contribution in [3.63, 3.8) is 0 Å². The molecule has 0 unspecified atom stereocenters. The Kier molecular flexibility index (Phi) is 6.10. The summed E-state index contributed by atoms with van der Waals surface area (Å²) >= 11 is 0. The number of ether oxygens (including phenoxy) is 1. The minimum Gasteiger partial charge on any atom is -0.497 e. The van der Waals surface area contributed by atoms with Crippen molar-refractivity contribution in [1.82, 2.24) is 24.6 Å². The van der Waals surface area contributed by atoms with Crippen LogP contribution in [0.1, 0.15) is 32.1 Å². The molecule has 2 fully saturated rings. The molecule has 2 atom stereocenters. The van der Waals surface area contributed by atoms with Crippen molar-refractivity contribution < 1.29 is 9.53 Å². The standard InChI is InChI=1S/C25H33N5O3/c1-28-22-8-7-19(33-2)13-20(22)24-21(25(28)32)14-27-30(24)16-23(31)26-10-12-29-11-9-17-5-3-4-6-18(17)15-29/h7-8,13-14,17-18H,3-6,9-12,15-16H2,1-2H3,(H,26,31)/t17-,18-/m0/s1. The highest BCUT2D eigenvalue weighted by atomic mass is 16.5. The van der Waals surface area contributed by atoms with Gasteiger partial charge in [-0.3, -0.25) is 14.3 Å². The fraction of sp³-hybridized carbons (Fsp3) is 0.560. The summed E-state index contributed by atoms with van der Waals surface area (Å²) in [5, 5.41) is 8.77. The molecule has 1 aromatic carbocycles. The first-order valence-corrected chi connectivity index (χ1v) is 12.1. The van der Waals surface area contributed by atoms with Crippen LogP contribution in [0.2, 0.25) is 0 Å². The lowest BCUT2D eigenvalue weighted by Crippen LogP contribution is -2.45. The number of nitrogens with zero attached hydrogens (tertiary/aromatic N) is 4. The van der Waals surface area contributed by atoms with Crippen molar-refractivity contribution in [2.24, 2.45) is 18.9 Å². The third-order valence-electron chi connectivity index (χ3n) is 7.61. The zero-order valence-corrected chi connectivity index (χ0v) is 19.5. The van der Waals surface area contributed by atoms with Gasteiger partial charge in [0.25, 0.3) is 5.56 Å². The number of aromatic nitrogens is 3. The second kappa shape index (κ2) is 9.17. The number of rotatable bonds is 6. The SMILES string of the molecule is COc1ccc2c(c1)c1c(cnn1CC(=O)NCCN1CC[C@@H]3CCCC[C@H]3C1)c(=O)n2C. The summed E-state index contributed by atoms with van der Waals surface area (Å²) in [6.07, 6.45) is 8.37. The first kappa shape index (κ1) is 21.9. The average Bonchev–Trinajstić information content (AvgIpc) is 3.25. The molecule has 176 valence electrons. The fourth-order valence-electron chi connectivity index (χ4n) is 5.78. The lowest BCUT2D eigenvalue weighted by molar-refractivity contribution is -0.121. The van der Waals surface area contributed by atoms with E-state index in [1.54, 1.807) is 29.6 Å². The van der Waals surface area contributed by atoms with Crippen molar-refractivity contribution >= 4 is 27.7 Å². The number of nitrogens with one attached hydrogen (secondary N) is 1. The van der Waals surface area contributed by atoms with Crippen molar-refractivity contribution in [2.75, 3.05) is 33.3 Å². The normalized spacial score (nSPS) is 21.3. The molecule has 3 aromatic rings. The third-order valence-corrected chi connectivity index (χ3v) is 7.61. The summed E-state index contributed by atoms with van der Waals surface area (Å²) in [5.41, 5.74) is 1.32. The Morgan fingerprint density at radius 2 is 2.00 bits per heavy atom. The zero-order valence-electron chi connectivity index (χ0n) is 19.5. The van der Waals surface area contributed by atoms with Gasteiger partial charge < -0.3 is 19.5 Å². The van der Waals surface area contributed by atoms with Gasteiger partial charge in [0.05, 0.1) is 29.7 Å². The first-order chi connectivity index (χ1) is 16.0. The van der Waals surface area contributed by atoms with Crippen molar-refractivity contribution in [3.8, 4) is 5.75 Å². The van der Waals surface area contributed by atoms with Crippen LogP contribution in [0.15, 0.2) is 29.2 Å². The highest BCUT2D eigenvalue weighted by molar-refractivity contribution is 6.04. The van der Waals surface area contributed by atoms with E-state index in [0.29, 0.717) is 23.2 Å². The van der Waals surface area contributed by atoms with E-state index >= 15 is 0 Å². The molecule has 0 spiro atoms. The molecule has 1 saturated carbocycles. The molecule has 8 heteroatoms. The van der Waals surface area contributed by atoms with E-state index in [-0.39, 0.29) is 18.0 Å². The minimum absolute atomic E-state index is 0.0771. The molecule has 2 aliphatic rings. The number of aryl methyl sites for hydroxylation is 1. The Morgan fingerprint density at radius 3 is 2.82 bits per heavy atom. The highest BCUT2D eigenvalue weighted by Crippen LogP contribution is 2.35. The monoisotopic (exact) mass is 451 g/mol. The Bertz CT molecular complexity index is 1230. The Labute approximate surface area is 193 Å². The minimum atomic E-state index is -0.125. The van der Waals surface area contributed by atoms with Crippen LogP contribution in [-0.4, -0.2) is 58.4 Å². The first-order valence-electron chi connectivity index (χ1n) is 12.1. The van der Waals surface area contributed by atoms with E-state index < -0.39 is 0 Å². The number of piperidine rings is 1. The molecule has 8 nitrogen and oxygen atoms in total. The van der Waals surface area contributed by atoms with Crippen LogP contribution < -0.4 is 15.6 Å². The van der Waals surface area contributed by atoms with Crippen molar-refractivity contribution in [2.45, 2.75) is 38.6 Å². The maximum Gasteiger partial charge on any atom is 0.261 e. The second-order valence-electron chi connectivity index (χ2n) is 9.56. The number of carbonyl (C=O) groups excluding carboxylic acids is 1. The van der Waals surface area contributed by atoms with Crippen molar-refractivity contribution in [3.05, 3.63) is 34.7 Å². The van der Waals surface area contributed by atoms with Crippen LogP contribution in [0.3, 0.4) is 0 Å². The lowest BCUT2D eigenvalue weighted by atomic mass is 9.75. The second-order valence-corrected chi connectivity index (χ2v) is 9.56. The van der Waals surface area contributed by atoms with Gasteiger partial charge in [0, 0.05) is 32.1 Å². The summed E-state index contributed by atoms with van der Waals surface area (Å²) in [6.45, 7) is 3.90. The van der Waals surface area contributed by atoms with Gasteiger partial charge in [-0.05, 0) is 49.4 Å². The summed E-state index contributed by atoms with van der Waals surface area (Å²) in [7, 11) is 3.36. The molecule has 2 aromatic heterocycles. The number of pyridine rings is 1. The van der Waals surface area contributed by atoms with Crippen LogP contribution in [0.5, 0.6) is 5.75 Å². The number of methoxy groups -OCH3 is 1. The number of hydrogen-bond donors (Lipinski definition) is 1. The molecule has 0 radical (unpaired) electrons. The molecule has 33 heavy (non-hydrogen) atoms. The van der Waals surface area contributed by atoms with Crippen LogP contribution in [0, 0.1) is 11.8 Å². The van der Waals surface area contributed by atoms with Gasteiger partial charge >= 0.3 is 0 Å². The molecule has 1 aliphatic carbocycles. The number of benzene rings is 1. The smallest absolute Gasteiger partial charge is 0.261 e. The summed E-state index contributed by atoms with van der Waals surface area (Å²) in [5.74, 6) is 2.36. The van der Waals surface area contributed by atoms with Crippen LogP contribution >= 0.6 is 0 Å². The number of likely N-dealkylation sites (tertiary alicyclic amines) is 1. The largest absolute Gasteiger partial charge is 0.497 e. The van der Waals surface area contributed by atoms with Gasteiger partial charge in [0.15, 0.2) is 0 Å². The Balaban J connectivity index is 1.27. The topological polar surface area (TPSA) is 81.4 Å². The quantitative estimate of drug-likeness (QED) is 0.623. The number of amides is 1. The van der Waals surface area contributed by atoms with Crippen LogP contribution in [0.4, 0.5) is 0 Å². The maximum atomic E-state index is 12.8. The van der Waals surface area contributed by atoms with E-state index in [9.17, 15) is 9.59 Å². The van der Waals surface area contributed by atoms with Crippen LogP contribution in [0.25, 0.3) is 21.8 Å². The number of hydrogen-bond acceptors (Lipinski definition) is 5. The number of fused-ring (bicyclic) bond motifs is 4. The Morgan fingerprint density at radius 1 is 1.18 bits per heavy atom. The molecule has 0 bridgehead atoms. The van der Waals surface area contributed by atoms with E-state index in [1.807, 2.05) is 18.2 Å². The zero-order chi connectivity index (χ0) is 22.9. The average molecular weight is 452 g/mol.